The Morgan fingerprint density at radius 1 is 1.58 bits per heavy atom. The highest BCUT2D eigenvalue weighted by atomic mass is 35.5. The lowest BCUT2D eigenvalue weighted by Gasteiger charge is -2.11. The van der Waals surface area contributed by atoms with Gasteiger partial charge in [-0.3, -0.25) is 0 Å². The summed E-state index contributed by atoms with van der Waals surface area (Å²) in [6, 6.07) is 5.37. The van der Waals surface area contributed by atoms with Crippen LogP contribution in [0.3, 0.4) is 0 Å². The van der Waals surface area contributed by atoms with E-state index in [2.05, 4.69) is 0 Å². The van der Waals surface area contributed by atoms with Crippen LogP contribution in [0.15, 0.2) is 18.2 Å². The van der Waals surface area contributed by atoms with E-state index in [0.29, 0.717) is 5.02 Å². The molecule has 0 amide bonds. The van der Waals surface area contributed by atoms with Crippen LogP contribution in [-0.2, 0) is 0 Å². The van der Waals surface area contributed by atoms with Crippen LogP contribution in [-0.4, -0.2) is 11.7 Å². The van der Waals surface area contributed by atoms with Crippen LogP contribution < -0.4 is 5.73 Å². The quantitative estimate of drug-likeness (QED) is 0.736. The van der Waals surface area contributed by atoms with Gasteiger partial charge in [0, 0.05) is 11.6 Å². The molecule has 0 aromatic heterocycles. The third kappa shape index (κ3) is 1.97. The van der Waals surface area contributed by atoms with Crippen LogP contribution in [0.1, 0.15) is 17.2 Å². The van der Waals surface area contributed by atoms with Gasteiger partial charge in [0.2, 0.25) is 0 Å². The van der Waals surface area contributed by atoms with Crippen LogP contribution in [0.2, 0.25) is 5.02 Å². The zero-order valence-corrected chi connectivity index (χ0v) is 7.67. The first-order valence-corrected chi connectivity index (χ1v) is 4.17. The zero-order chi connectivity index (χ0) is 9.14. The molecule has 0 radical (unpaired) electrons. The lowest BCUT2D eigenvalue weighted by atomic mass is 10.0. The van der Waals surface area contributed by atoms with Gasteiger partial charge in [-0.15, -0.1) is 0 Å². The predicted molar refractivity (Wildman–Crippen MR) is 50.2 cm³/mol. The van der Waals surface area contributed by atoms with Crippen molar-refractivity contribution in [1.82, 2.24) is 0 Å². The van der Waals surface area contributed by atoms with Gasteiger partial charge < -0.3 is 10.8 Å². The minimum Gasteiger partial charge on any atom is -0.387 e. The maximum absolute atomic E-state index is 9.43. The molecular formula is C9H12ClNO. The van der Waals surface area contributed by atoms with Crippen LogP contribution in [0.5, 0.6) is 0 Å². The van der Waals surface area contributed by atoms with E-state index in [9.17, 15) is 5.11 Å². The minimum absolute atomic E-state index is 0.239. The molecule has 12 heavy (non-hydrogen) atoms. The van der Waals surface area contributed by atoms with E-state index in [4.69, 9.17) is 17.3 Å². The molecule has 0 bridgehead atoms. The third-order valence-corrected chi connectivity index (χ3v) is 2.05. The van der Waals surface area contributed by atoms with Crippen LogP contribution >= 0.6 is 11.6 Å². The van der Waals surface area contributed by atoms with E-state index in [-0.39, 0.29) is 6.54 Å². The summed E-state index contributed by atoms with van der Waals surface area (Å²) in [5.74, 6) is 0. The SMILES string of the molecule is Cc1cc(Cl)ccc1[C@@H](O)CN. The fourth-order valence-corrected chi connectivity index (χ4v) is 1.37. The predicted octanol–water partition coefficient (Wildman–Crippen LogP) is 1.64. The molecule has 1 atom stereocenters. The van der Waals surface area contributed by atoms with Gasteiger partial charge in [0.05, 0.1) is 6.10 Å². The van der Waals surface area contributed by atoms with Crippen LogP contribution in [0.25, 0.3) is 0 Å². The summed E-state index contributed by atoms with van der Waals surface area (Å²) in [4.78, 5) is 0. The molecule has 0 spiro atoms. The molecule has 1 rings (SSSR count). The number of nitrogens with two attached hydrogens (primary N) is 1. The van der Waals surface area contributed by atoms with Crippen molar-refractivity contribution in [3.8, 4) is 0 Å². The van der Waals surface area contributed by atoms with Crippen molar-refractivity contribution in [3.05, 3.63) is 34.3 Å². The van der Waals surface area contributed by atoms with Gasteiger partial charge in [0.1, 0.15) is 0 Å². The average molecular weight is 186 g/mol. The number of aliphatic hydroxyl groups excluding tert-OH is 1. The normalized spacial score (nSPS) is 13.0. The highest BCUT2D eigenvalue weighted by Gasteiger charge is 2.07. The molecule has 0 heterocycles. The summed E-state index contributed by atoms with van der Waals surface area (Å²) in [5.41, 5.74) is 7.15. The van der Waals surface area contributed by atoms with Gasteiger partial charge in [0.25, 0.3) is 0 Å². The third-order valence-electron chi connectivity index (χ3n) is 1.81. The summed E-state index contributed by atoms with van der Waals surface area (Å²) in [5, 5.41) is 10.1. The van der Waals surface area contributed by atoms with Gasteiger partial charge in [-0.05, 0) is 30.2 Å². The van der Waals surface area contributed by atoms with Gasteiger partial charge in [-0.2, -0.15) is 0 Å². The molecule has 66 valence electrons. The van der Waals surface area contributed by atoms with E-state index >= 15 is 0 Å². The summed E-state index contributed by atoms with van der Waals surface area (Å²) in [6.45, 7) is 2.14. The second kappa shape index (κ2) is 3.90. The molecule has 0 aliphatic rings. The fourth-order valence-electron chi connectivity index (χ4n) is 1.14. The van der Waals surface area contributed by atoms with E-state index in [1.165, 1.54) is 0 Å². The Hall–Kier alpha value is -0.570. The molecule has 0 saturated heterocycles. The number of hydrogen-bond acceptors (Lipinski definition) is 2. The second-order valence-electron chi connectivity index (χ2n) is 2.75. The van der Waals surface area contributed by atoms with Crippen LogP contribution in [0.4, 0.5) is 0 Å². The topological polar surface area (TPSA) is 46.2 Å². The monoisotopic (exact) mass is 185 g/mol. The van der Waals surface area contributed by atoms with E-state index < -0.39 is 6.10 Å². The lowest BCUT2D eigenvalue weighted by molar-refractivity contribution is 0.186. The number of halogens is 1. The van der Waals surface area contributed by atoms with E-state index in [1.54, 1.807) is 12.1 Å². The highest BCUT2D eigenvalue weighted by Crippen LogP contribution is 2.20. The Kier molecular flexibility index (Phi) is 3.09. The summed E-state index contributed by atoms with van der Waals surface area (Å²) < 4.78 is 0. The summed E-state index contributed by atoms with van der Waals surface area (Å²) >= 11 is 5.75. The Morgan fingerprint density at radius 2 is 2.25 bits per heavy atom. The van der Waals surface area contributed by atoms with Gasteiger partial charge in [-0.1, -0.05) is 17.7 Å². The first-order valence-electron chi connectivity index (χ1n) is 3.79. The van der Waals surface area contributed by atoms with E-state index in [1.807, 2.05) is 13.0 Å². The molecule has 3 heteroatoms. The molecule has 2 nitrogen and oxygen atoms in total. The number of hydrogen-bond donors (Lipinski definition) is 2. The van der Waals surface area contributed by atoms with Crippen molar-refractivity contribution in [2.75, 3.05) is 6.54 Å². The smallest absolute Gasteiger partial charge is 0.0914 e. The fraction of sp³-hybridized carbons (Fsp3) is 0.333. The number of aliphatic hydroxyl groups is 1. The van der Waals surface area contributed by atoms with Crippen molar-refractivity contribution >= 4 is 11.6 Å². The maximum Gasteiger partial charge on any atom is 0.0914 e. The second-order valence-corrected chi connectivity index (χ2v) is 3.19. The van der Waals surface area contributed by atoms with Crippen molar-refractivity contribution in [1.29, 1.82) is 0 Å². The van der Waals surface area contributed by atoms with Gasteiger partial charge >= 0.3 is 0 Å². The first-order chi connectivity index (χ1) is 5.65. The maximum atomic E-state index is 9.43. The van der Waals surface area contributed by atoms with E-state index in [0.717, 1.165) is 11.1 Å². The standard InChI is InChI=1S/C9H12ClNO/c1-6-4-7(10)2-3-8(6)9(12)5-11/h2-4,9,12H,5,11H2,1H3/t9-/m0/s1. The molecule has 0 fully saturated rings. The molecule has 3 N–H and O–H groups in total. The Balaban J connectivity index is 3.01. The molecule has 1 aromatic carbocycles. The summed E-state index contributed by atoms with van der Waals surface area (Å²) in [7, 11) is 0. The number of aryl methyl sites for hydroxylation is 1. The Labute approximate surface area is 77.0 Å². The molecule has 0 saturated carbocycles. The average Bonchev–Trinajstić information content (AvgIpc) is 2.03. The van der Waals surface area contributed by atoms with Crippen molar-refractivity contribution in [2.24, 2.45) is 5.73 Å². The summed E-state index contributed by atoms with van der Waals surface area (Å²) in [6.07, 6.45) is -0.581. The first kappa shape index (κ1) is 9.52. The minimum atomic E-state index is -0.581. The van der Waals surface area contributed by atoms with Crippen molar-refractivity contribution < 1.29 is 5.11 Å². The molecule has 0 aliphatic heterocycles. The molecular weight excluding hydrogens is 174 g/mol. The van der Waals surface area contributed by atoms with Crippen molar-refractivity contribution in [3.63, 3.8) is 0 Å². The van der Waals surface area contributed by atoms with Gasteiger partial charge in [0.15, 0.2) is 0 Å². The molecule has 1 aromatic rings. The zero-order valence-electron chi connectivity index (χ0n) is 6.92. The Morgan fingerprint density at radius 3 is 2.75 bits per heavy atom. The molecule has 0 unspecified atom stereocenters. The molecule has 0 aliphatic carbocycles. The largest absolute Gasteiger partial charge is 0.387 e. The number of benzene rings is 1. The van der Waals surface area contributed by atoms with Gasteiger partial charge in [-0.25, -0.2) is 0 Å². The highest BCUT2D eigenvalue weighted by molar-refractivity contribution is 6.30. The number of rotatable bonds is 2. The Bertz CT molecular complexity index is 275. The lowest BCUT2D eigenvalue weighted by Crippen LogP contribution is -2.12. The van der Waals surface area contributed by atoms with Crippen LogP contribution in [0, 0.1) is 6.92 Å². The van der Waals surface area contributed by atoms with Crippen molar-refractivity contribution in [2.45, 2.75) is 13.0 Å².